The van der Waals surface area contributed by atoms with Crippen molar-refractivity contribution in [1.29, 1.82) is 0 Å². The Kier molecular flexibility index (Phi) is 6.35. The summed E-state index contributed by atoms with van der Waals surface area (Å²) in [4.78, 5) is 28.8. The fourth-order valence-corrected chi connectivity index (χ4v) is 3.47. The highest BCUT2D eigenvalue weighted by Gasteiger charge is 2.30. The van der Waals surface area contributed by atoms with E-state index in [0.29, 0.717) is 24.7 Å². The van der Waals surface area contributed by atoms with Crippen molar-refractivity contribution in [1.82, 2.24) is 9.80 Å². The Hall–Kier alpha value is -2.53. The van der Waals surface area contributed by atoms with Gasteiger partial charge in [-0.1, -0.05) is 41.9 Å². The zero-order chi connectivity index (χ0) is 19.2. The van der Waals surface area contributed by atoms with Crippen LogP contribution in [-0.2, 0) is 11.3 Å². The van der Waals surface area contributed by atoms with E-state index < -0.39 is 0 Å². The van der Waals surface area contributed by atoms with E-state index in [-0.39, 0.29) is 17.9 Å². The summed E-state index contributed by atoms with van der Waals surface area (Å²) < 4.78 is 0. The van der Waals surface area contributed by atoms with Gasteiger partial charge in [-0.25, -0.2) is 4.79 Å². The van der Waals surface area contributed by atoms with E-state index in [2.05, 4.69) is 5.32 Å². The molecule has 27 heavy (non-hydrogen) atoms. The van der Waals surface area contributed by atoms with E-state index in [4.69, 9.17) is 11.6 Å². The van der Waals surface area contributed by atoms with Gasteiger partial charge < -0.3 is 15.1 Å². The van der Waals surface area contributed by atoms with Crippen LogP contribution in [0.15, 0.2) is 54.6 Å². The van der Waals surface area contributed by atoms with Crippen LogP contribution in [0.25, 0.3) is 0 Å². The lowest BCUT2D eigenvalue weighted by atomic mass is 9.96. The number of urea groups is 1. The minimum absolute atomic E-state index is 0.0714. The number of benzene rings is 2. The molecule has 0 radical (unpaired) electrons. The van der Waals surface area contributed by atoms with Gasteiger partial charge in [0.1, 0.15) is 0 Å². The van der Waals surface area contributed by atoms with Crippen LogP contribution in [0, 0.1) is 5.92 Å². The molecule has 0 aromatic heterocycles. The SMILES string of the molecule is CN(Cc1ccc(Cl)cc1)C(=O)C1CCCN(C(=O)Nc2ccccc2)C1. The van der Waals surface area contributed by atoms with Gasteiger partial charge >= 0.3 is 6.03 Å². The number of amides is 3. The fraction of sp³-hybridized carbons (Fsp3) is 0.333. The molecule has 0 aliphatic carbocycles. The zero-order valence-corrected chi connectivity index (χ0v) is 16.2. The van der Waals surface area contributed by atoms with Crippen LogP contribution in [0.2, 0.25) is 5.02 Å². The van der Waals surface area contributed by atoms with Gasteiger partial charge in [0.15, 0.2) is 0 Å². The van der Waals surface area contributed by atoms with Crippen molar-refractivity contribution in [3.05, 3.63) is 65.2 Å². The van der Waals surface area contributed by atoms with E-state index in [1.54, 1.807) is 16.8 Å². The van der Waals surface area contributed by atoms with Gasteiger partial charge in [0.2, 0.25) is 5.91 Å². The molecule has 142 valence electrons. The standard InChI is InChI=1S/C21H24ClN3O2/c1-24(14-16-9-11-18(22)12-10-16)20(26)17-6-5-13-25(15-17)21(27)23-19-7-3-2-4-8-19/h2-4,7-12,17H,5-6,13-15H2,1H3,(H,23,27). The first-order chi connectivity index (χ1) is 13.0. The van der Waals surface area contributed by atoms with E-state index >= 15 is 0 Å². The lowest BCUT2D eigenvalue weighted by Gasteiger charge is -2.34. The van der Waals surface area contributed by atoms with Gasteiger partial charge in [0, 0.05) is 37.4 Å². The average Bonchev–Trinajstić information content (AvgIpc) is 2.70. The second-order valence-corrected chi connectivity index (χ2v) is 7.34. The maximum Gasteiger partial charge on any atom is 0.321 e. The van der Waals surface area contributed by atoms with Crippen molar-refractivity contribution in [3.63, 3.8) is 0 Å². The van der Waals surface area contributed by atoms with Crippen molar-refractivity contribution in [2.75, 3.05) is 25.5 Å². The number of para-hydroxylation sites is 1. The summed E-state index contributed by atoms with van der Waals surface area (Å²) in [5.41, 5.74) is 1.79. The Balaban J connectivity index is 1.57. The number of halogens is 1. The molecule has 6 heteroatoms. The third kappa shape index (κ3) is 5.23. The molecule has 1 heterocycles. The molecule has 1 N–H and O–H groups in total. The Morgan fingerprint density at radius 1 is 1.15 bits per heavy atom. The van der Waals surface area contributed by atoms with Crippen LogP contribution in [0.3, 0.4) is 0 Å². The third-order valence-corrected chi connectivity index (χ3v) is 5.04. The molecule has 2 aromatic carbocycles. The summed E-state index contributed by atoms with van der Waals surface area (Å²) in [5, 5.41) is 3.58. The number of nitrogens with zero attached hydrogens (tertiary/aromatic N) is 2. The van der Waals surface area contributed by atoms with Crippen molar-refractivity contribution in [2.45, 2.75) is 19.4 Å². The molecule has 2 aromatic rings. The second kappa shape index (κ2) is 8.91. The molecule has 3 amide bonds. The number of likely N-dealkylation sites (tertiary alicyclic amines) is 1. The van der Waals surface area contributed by atoms with Crippen molar-refractivity contribution in [2.24, 2.45) is 5.92 Å². The van der Waals surface area contributed by atoms with Crippen LogP contribution in [0.1, 0.15) is 18.4 Å². The number of anilines is 1. The quantitative estimate of drug-likeness (QED) is 0.855. The first-order valence-electron chi connectivity index (χ1n) is 9.13. The smallest absolute Gasteiger partial charge is 0.321 e. The Bertz CT molecular complexity index is 780. The van der Waals surface area contributed by atoms with E-state index in [1.807, 2.05) is 54.6 Å². The number of piperidine rings is 1. The highest BCUT2D eigenvalue weighted by molar-refractivity contribution is 6.30. The van der Waals surface area contributed by atoms with Gasteiger partial charge in [-0.15, -0.1) is 0 Å². The normalized spacial score (nSPS) is 16.7. The molecule has 1 saturated heterocycles. The van der Waals surface area contributed by atoms with Crippen LogP contribution in [0.5, 0.6) is 0 Å². The summed E-state index contributed by atoms with van der Waals surface area (Å²) in [5.74, 6) is -0.0975. The molecular weight excluding hydrogens is 362 g/mol. The van der Waals surface area contributed by atoms with Crippen LogP contribution < -0.4 is 5.32 Å². The first kappa shape index (κ1) is 19.2. The third-order valence-electron chi connectivity index (χ3n) is 4.79. The number of hydrogen-bond donors (Lipinski definition) is 1. The molecule has 5 nitrogen and oxygen atoms in total. The van der Waals surface area contributed by atoms with E-state index in [9.17, 15) is 9.59 Å². The van der Waals surface area contributed by atoms with Crippen LogP contribution in [-0.4, -0.2) is 41.9 Å². The largest absolute Gasteiger partial charge is 0.341 e. The number of rotatable bonds is 4. The molecule has 1 fully saturated rings. The summed E-state index contributed by atoms with van der Waals surface area (Å²) in [6.07, 6.45) is 1.63. The van der Waals surface area contributed by atoms with Crippen molar-refractivity contribution in [3.8, 4) is 0 Å². The molecule has 0 saturated carbocycles. The number of carbonyl (C=O) groups is 2. The predicted octanol–water partition coefficient (Wildman–Crippen LogP) is 4.24. The number of hydrogen-bond acceptors (Lipinski definition) is 2. The number of nitrogens with one attached hydrogen (secondary N) is 1. The summed E-state index contributed by atoms with van der Waals surface area (Å²) in [6, 6.07) is 16.7. The minimum atomic E-state index is -0.169. The zero-order valence-electron chi connectivity index (χ0n) is 15.4. The molecule has 1 atom stereocenters. The van der Waals surface area contributed by atoms with Crippen LogP contribution >= 0.6 is 11.6 Å². The average molecular weight is 386 g/mol. The summed E-state index contributed by atoms with van der Waals surface area (Å²) >= 11 is 5.91. The molecule has 0 bridgehead atoms. The fourth-order valence-electron chi connectivity index (χ4n) is 3.34. The second-order valence-electron chi connectivity index (χ2n) is 6.90. The van der Waals surface area contributed by atoms with Crippen LogP contribution in [0.4, 0.5) is 10.5 Å². The molecule has 1 aliphatic rings. The topological polar surface area (TPSA) is 52.7 Å². The van der Waals surface area contributed by atoms with Gasteiger partial charge in [-0.05, 0) is 42.7 Å². The molecule has 3 rings (SSSR count). The van der Waals surface area contributed by atoms with Crippen molar-refractivity contribution < 1.29 is 9.59 Å². The highest BCUT2D eigenvalue weighted by Crippen LogP contribution is 2.21. The summed E-state index contributed by atoms with van der Waals surface area (Å²) in [6.45, 7) is 1.65. The molecule has 1 aliphatic heterocycles. The van der Waals surface area contributed by atoms with E-state index in [0.717, 1.165) is 24.1 Å². The monoisotopic (exact) mass is 385 g/mol. The highest BCUT2D eigenvalue weighted by atomic mass is 35.5. The van der Waals surface area contributed by atoms with Crippen molar-refractivity contribution >= 4 is 29.2 Å². The van der Waals surface area contributed by atoms with Gasteiger partial charge in [0.25, 0.3) is 0 Å². The molecule has 1 unspecified atom stereocenters. The van der Waals surface area contributed by atoms with Gasteiger partial charge in [-0.2, -0.15) is 0 Å². The minimum Gasteiger partial charge on any atom is -0.341 e. The maximum absolute atomic E-state index is 12.8. The lowest BCUT2D eigenvalue weighted by Crippen LogP contribution is -2.47. The van der Waals surface area contributed by atoms with Gasteiger partial charge in [-0.3, -0.25) is 4.79 Å². The Morgan fingerprint density at radius 2 is 1.85 bits per heavy atom. The Morgan fingerprint density at radius 3 is 2.56 bits per heavy atom. The van der Waals surface area contributed by atoms with E-state index in [1.165, 1.54) is 0 Å². The molecule has 0 spiro atoms. The Labute approximate surface area is 164 Å². The lowest BCUT2D eigenvalue weighted by molar-refractivity contribution is -0.136. The number of carbonyl (C=O) groups excluding carboxylic acids is 2. The molecular formula is C21H24ClN3O2. The van der Waals surface area contributed by atoms with Gasteiger partial charge in [0.05, 0.1) is 5.92 Å². The first-order valence-corrected chi connectivity index (χ1v) is 9.51. The predicted molar refractivity (Wildman–Crippen MR) is 108 cm³/mol. The summed E-state index contributed by atoms with van der Waals surface area (Å²) in [7, 11) is 1.81. The maximum atomic E-state index is 12.8.